The third-order valence-electron chi connectivity index (χ3n) is 4.84. The Balaban J connectivity index is 2.01. The summed E-state index contributed by atoms with van der Waals surface area (Å²) in [6.45, 7) is 0.485. The van der Waals surface area contributed by atoms with E-state index in [1.807, 2.05) is 42.8 Å². The molecule has 0 saturated heterocycles. The number of hydrogen-bond donors (Lipinski definition) is 2. The third-order valence-corrected chi connectivity index (χ3v) is 5.45. The van der Waals surface area contributed by atoms with Crippen molar-refractivity contribution >= 4 is 28.6 Å². The lowest BCUT2D eigenvalue weighted by atomic mass is 9.89. The van der Waals surface area contributed by atoms with E-state index in [4.69, 9.17) is 9.47 Å². The second-order valence-corrected chi connectivity index (χ2v) is 7.46. The summed E-state index contributed by atoms with van der Waals surface area (Å²) in [4.78, 5) is 15.6. The zero-order valence-electron chi connectivity index (χ0n) is 16.5. The van der Waals surface area contributed by atoms with Crippen LogP contribution in [-0.4, -0.2) is 43.7 Å². The molecule has 0 radical (unpaired) electrons. The van der Waals surface area contributed by atoms with Crippen LogP contribution in [0.5, 0.6) is 11.5 Å². The molecule has 3 aromatic rings. The molecular formula is C22H26N2O3S. The molecule has 1 aromatic heterocycles. The number of amides is 1. The van der Waals surface area contributed by atoms with Gasteiger partial charge < -0.3 is 19.8 Å². The van der Waals surface area contributed by atoms with Crippen molar-refractivity contribution in [2.45, 2.75) is 12.3 Å². The summed E-state index contributed by atoms with van der Waals surface area (Å²) >= 11 is 1.67. The molecule has 0 bridgehead atoms. The molecule has 1 atom stereocenters. The highest BCUT2D eigenvalue weighted by molar-refractivity contribution is 7.98. The molecule has 0 aliphatic heterocycles. The van der Waals surface area contributed by atoms with Crippen LogP contribution >= 0.6 is 11.8 Å². The highest BCUT2D eigenvalue weighted by Gasteiger charge is 2.24. The van der Waals surface area contributed by atoms with Gasteiger partial charge in [0.1, 0.15) is 0 Å². The summed E-state index contributed by atoms with van der Waals surface area (Å²) in [5, 5.41) is 4.23. The number of aromatic amines is 1. The number of ether oxygens (including phenoxy) is 2. The molecule has 0 spiro atoms. The van der Waals surface area contributed by atoms with Gasteiger partial charge >= 0.3 is 0 Å². The summed E-state index contributed by atoms with van der Waals surface area (Å²) in [5.41, 5.74) is 3.17. The molecule has 3 rings (SSSR count). The zero-order valence-corrected chi connectivity index (χ0v) is 17.3. The number of carbonyl (C=O) groups is 1. The van der Waals surface area contributed by atoms with Crippen LogP contribution in [-0.2, 0) is 4.79 Å². The van der Waals surface area contributed by atoms with E-state index >= 15 is 0 Å². The van der Waals surface area contributed by atoms with Crippen LogP contribution in [0.4, 0.5) is 0 Å². The van der Waals surface area contributed by atoms with E-state index < -0.39 is 0 Å². The van der Waals surface area contributed by atoms with Gasteiger partial charge in [-0.1, -0.05) is 30.3 Å². The number of carbonyl (C=O) groups excluding carboxylic acids is 1. The van der Waals surface area contributed by atoms with Crippen molar-refractivity contribution < 1.29 is 14.3 Å². The minimum atomic E-state index is -0.0700. The number of rotatable bonds is 9. The highest BCUT2D eigenvalue weighted by Crippen LogP contribution is 2.40. The standard InChI is InChI=1S/C22H26N2O3S/c1-26-20-10-6-8-16(22(20)27-2)18(14-24-21(25)11-12-28-3)17-13-23-19-9-5-4-7-15(17)19/h4-10,13,18,23H,11-12,14H2,1-3H3,(H,24,25)/t18-/m0/s1. The fraction of sp³-hybridized carbons (Fsp3) is 0.318. The van der Waals surface area contributed by atoms with Crippen LogP contribution in [0, 0.1) is 0 Å². The van der Waals surface area contributed by atoms with Crippen molar-refractivity contribution in [3.63, 3.8) is 0 Å². The van der Waals surface area contributed by atoms with Crippen molar-refractivity contribution in [3.05, 3.63) is 59.8 Å². The van der Waals surface area contributed by atoms with Crippen molar-refractivity contribution in [2.75, 3.05) is 32.8 Å². The molecule has 6 heteroatoms. The number of H-pyrrole nitrogens is 1. The molecule has 28 heavy (non-hydrogen) atoms. The van der Waals surface area contributed by atoms with Gasteiger partial charge in [0.15, 0.2) is 11.5 Å². The lowest BCUT2D eigenvalue weighted by molar-refractivity contribution is -0.120. The Morgan fingerprint density at radius 1 is 1.11 bits per heavy atom. The molecule has 2 aromatic carbocycles. The van der Waals surface area contributed by atoms with E-state index in [1.54, 1.807) is 26.0 Å². The normalized spacial score (nSPS) is 12.0. The minimum absolute atomic E-state index is 0.0565. The van der Waals surface area contributed by atoms with E-state index in [2.05, 4.69) is 22.4 Å². The van der Waals surface area contributed by atoms with E-state index in [-0.39, 0.29) is 11.8 Å². The van der Waals surface area contributed by atoms with Gasteiger partial charge in [-0.2, -0.15) is 11.8 Å². The van der Waals surface area contributed by atoms with Gasteiger partial charge in [0.25, 0.3) is 0 Å². The van der Waals surface area contributed by atoms with Gasteiger partial charge in [-0.15, -0.1) is 0 Å². The number of fused-ring (bicyclic) bond motifs is 1. The monoisotopic (exact) mass is 398 g/mol. The Bertz CT molecular complexity index is 938. The van der Waals surface area contributed by atoms with Gasteiger partial charge in [-0.3, -0.25) is 4.79 Å². The predicted molar refractivity (Wildman–Crippen MR) is 116 cm³/mol. The number of para-hydroxylation sites is 2. The molecule has 0 fully saturated rings. The maximum Gasteiger partial charge on any atom is 0.220 e. The lowest BCUT2D eigenvalue weighted by Crippen LogP contribution is -2.29. The van der Waals surface area contributed by atoms with Crippen molar-refractivity contribution in [3.8, 4) is 11.5 Å². The Morgan fingerprint density at radius 3 is 2.68 bits per heavy atom. The molecule has 1 heterocycles. The number of benzene rings is 2. The number of aromatic nitrogens is 1. The number of thioether (sulfide) groups is 1. The number of methoxy groups -OCH3 is 2. The summed E-state index contributed by atoms with van der Waals surface area (Å²) in [6.07, 6.45) is 4.53. The van der Waals surface area contributed by atoms with Crippen LogP contribution in [0.2, 0.25) is 0 Å². The van der Waals surface area contributed by atoms with Gasteiger partial charge in [0.05, 0.1) is 14.2 Å². The zero-order chi connectivity index (χ0) is 19.9. The first-order valence-electron chi connectivity index (χ1n) is 9.22. The first-order chi connectivity index (χ1) is 13.7. The van der Waals surface area contributed by atoms with Gasteiger partial charge in [-0.25, -0.2) is 0 Å². The Morgan fingerprint density at radius 2 is 1.93 bits per heavy atom. The van der Waals surface area contributed by atoms with Crippen LogP contribution < -0.4 is 14.8 Å². The maximum absolute atomic E-state index is 12.3. The average molecular weight is 399 g/mol. The van der Waals surface area contributed by atoms with E-state index in [0.717, 1.165) is 27.8 Å². The maximum atomic E-state index is 12.3. The summed E-state index contributed by atoms with van der Waals surface area (Å²) in [5.74, 6) is 2.17. The Kier molecular flexibility index (Phi) is 6.87. The van der Waals surface area contributed by atoms with Crippen LogP contribution in [0.3, 0.4) is 0 Å². The molecule has 5 nitrogen and oxygen atoms in total. The largest absolute Gasteiger partial charge is 0.493 e. The van der Waals surface area contributed by atoms with Gasteiger partial charge in [0, 0.05) is 47.3 Å². The SMILES string of the molecule is COc1cccc([C@H](CNC(=O)CCSC)c2c[nH]c3ccccc23)c1OC. The lowest BCUT2D eigenvalue weighted by Gasteiger charge is -2.22. The number of nitrogens with one attached hydrogen (secondary N) is 2. The molecule has 0 aliphatic rings. The fourth-order valence-corrected chi connectivity index (χ4v) is 3.84. The first kappa shape index (κ1) is 20.1. The van der Waals surface area contributed by atoms with Gasteiger partial charge in [0.2, 0.25) is 5.91 Å². The summed E-state index contributed by atoms with van der Waals surface area (Å²) in [7, 11) is 3.28. The summed E-state index contributed by atoms with van der Waals surface area (Å²) < 4.78 is 11.2. The van der Waals surface area contributed by atoms with Crippen molar-refractivity contribution in [1.29, 1.82) is 0 Å². The van der Waals surface area contributed by atoms with Gasteiger partial charge in [-0.05, 0) is 24.0 Å². The molecule has 2 N–H and O–H groups in total. The quantitative estimate of drug-likeness (QED) is 0.567. The molecule has 0 unspecified atom stereocenters. The van der Waals surface area contributed by atoms with Crippen molar-refractivity contribution in [1.82, 2.24) is 10.3 Å². The van der Waals surface area contributed by atoms with E-state index in [1.165, 1.54) is 0 Å². The van der Waals surface area contributed by atoms with E-state index in [0.29, 0.717) is 24.5 Å². The molecule has 0 aliphatic carbocycles. The number of hydrogen-bond acceptors (Lipinski definition) is 4. The van der Waals surface area contributed by atoms with E-state index in [9.17, 15) is 4.79 Å². The first-order valence-corrected chi connectivity index (χ1v) is 10.6. The van der Waals surface area contributed by atoms with Crippen molar-refractivity contribution in [2.24, 2.45) is 0 Å². The molecule has 1 amide bonds. The smallest absolute Gasteiger partial charge is 0.220 e. The van der Waals surface area contributed by atoms with Crippen LogP contribution in [0.15, 0.2) is 48.7 Å². The molecule has 0 saturated carbocycles. The Labute approximate surface area is 169 Å². The molecular weight excluding hydrogens is 372 g/mol. The second kappa shape index (κ2) is 9.55. The van der Waals surface area contributed by atoms with Crippen LogP contribution in [0.25, 0.3) is 10.9 Å². The van der Waals surface area contributed by atoms with Crippen LogP contribution in [0.1, 0.15) is 23.5 Å². The molecule has 148 valence electrons. The topological polar surface area (TPSA) is 63.3 Å². The minimum Gasteiger partial charge on any atom is -0.493 e. The second-order valence-electron chi connectivity index (χ2n) is 6.47. The summed E-state index contributed by atoms with van der Waals surface area (Å²) in [6, 6.07) is 14.0. The third kappa shape index (κ3) is 4.28. The predicted octanol–water partition coefficient (Wildman–Crippen LogP) is 4.19. The highest BCUT2D eigenvalue weighted by atomic mass is 32.2. The Hall–Kier alpha value is -2.60. The fourth-order valence-electron chi connectivity index (χ4n) is 3.46. The average Bonchev–Trinajstić information content (AvgIpc) is 3.16.